The highest BCUT2D eigenvalue weighted by Gasteiger charge is 2.23. The molecule has 0 radical (unpaired) electrons. The number of nitrogens with one attached hydrogen (secondary N) is 3. The zero-order valence-corrected chi connectivity index (χ0v) is 39.6. The van der Waals surface area contributed by atoms with E-state index in [1.165, 1.54) is 64.7 Å². The molecule has 17 heteroatoms. The van der Waals surface area contributed by atoms with Crippen molar-refractivity contribution < 1.29 is 9.59 Å². The molecular weight excluding hydrogens is 902 g/mol. The van der Waals surface area contributed by atoms with Gasteiger partial charge in [0.25, 0.3) is 11.8 Å². The number of piperidine rings is 2. The molecule has 4 aliphatic rings. The van der Waals surface area contributed by atoms with Crippen LogP contribution in [-0.4, -0.2) is 141 Å². The number of anilines is 4. The van der Waals surface area contributed by atoms with Gasteiger partial charge >= 0.3 is 0 Å². The fraction of sp³-hybridized carbons (Fsp3) is 0.478. The summed E-state index contributed by atoms with van der Waals surface area (Å²) in [5, 5.41) is 11.2. The van der Waals surface area contributed by atoms with Gasteiger partial charge in [-0.3, -0.25) is 14.5 Å². The van der Waals surface area contributed by atoms with Crippen LogP contribution in [0, 0.1) is 0 Å². The first kappa shape index (κ1) is 49.0. The predicted octanol–water partition coefficient (Wildman–Crippen LogP) is 9.01. The summed E-state index contributed by atoms with van der Waals surface area (Å²) in [7, 11) is 0. The van der Waals surface area contributed by atoms with Gasteiger partial charge in [0, 0.05) is 111 Å². The van der Waals surface area contributed by atoms with E-state index in [0.29, 0.717) is 42.6 Å². The first-order chi connectivity index (χ1) is 30.6. The summed E-state index contributed by atoms with van der Waals surface area (Å²) in [6.45, 7) is 15.5. The Morgan fingerprint density at radius 3 is 1.40 bits per heavy atom. The second-order valence-corrected chi connectivity index (χ2v) is 18.2. The fourth-order valence-electron chi connectivity index (χ4n) is 8.03. The highest BCUT2D eigenvalue weighted by atomic mass is 35.5. The summed E-state index contributed by atoms with van der Waals surface area (Å²) >= 11 is 29.8. The number of likely N-dealkylation sites (tertiary alicyclic amines) is 2. The van der Waals surface area contributed by atoms with Crippen LogP contribution in [0.25, 0.3) is 0 Å². The first-order valence-corrected chi connectivity index (χ1v) is 24.1. The van der Waals surface area contributed by atoms with Crippen LogP contribution in [0.2, 0.25) is 20.1 Å². The van der Waals surface area contributed by atoms with Crippen molar-refractivity contribution in [2.24, 2.45) is 0 Å². The number of nitrogens with zero attached hydrogens (tertiary/aromatic N) is 7. The van der Waals surface area contributed by atoms with Crippen LogP contribution >= 0.6 is 58.0 Å². The molecule has 8 rings (SSSR count). The molecule has 2 aromatic heterocycles. The molecule has 0 spiro atoms. The molecule has 4 fully saturated rings. The molecule has 2 aromatic carbocycles. The van der Waals surface area contributed by atoms with E-state index < -0.39 is 0 Å². The quantitative estimate of drug-likeness (QED) is 0.126. The molecule has 3 N–H and O–H groups in total. The Morgan fingerprint density at radius 2 is 0.952 bits per heavy atom. The Bertz CT molecular complexity index is 2050. The Kier molecular flexibility index (Phi) is 20.2. The maximum Gasteiger partial charge on any atom is 0.255 e. The number of hydrogen-bond donors (Lipinski definition) is 3. The van der Waals surface area contributed by atoms with E-state index in [2.05, 4.69) is 50.4 Å². The summed E-state index contributed by atoms with van der Waals surface area (Å²) in [5.74, 6) is 1.81. The number of alkyl halides is 1. The largest absolute Gasteiger partial charge is 0.352 e. The molecule has 63 heavy (non-hydrogen) atoms. The maximum absolute atomic E-state index is 12.7. The monoisotopic (exact) mass is 958 g/mol. The van der Waals surface area contributed by atoms with Crippen LogP contribution in [0.5, 0.6) is 0 Å². The summed E-state index contributed by atoms with van der Waals surface area (Å²) in [6.07, 6.45) is 11.4. The Balaban J connectivity index is 0.000000180. The third-order valence-electron chi connectivity index (χ3n) is 11.5. The highest BCUT2D eigenvalue weighted by Crippen LogP contribution is 2.29. The summed E-state index contributed by atoms with van der Waals surface area (Å²) in [4.78, 5) is 46.0. The average Bonchev–Trinajstić information content (AvgIpc) is 3.30. The van der Waals surface area contributed by atoms with Crippen LogP contribution < -0.4 is 25.8 Å². The number of pyridine rings is 2. The van der Waals surface area contributed by atoms with Crippen molar-refractivity contribution in [1.29, 1.82) is 0 Å². The lowest BCUT2D eigenvalue weighted by molar-refractivity contribution is 0.101. The van der Waals surface area contributed by atoms with Gasteiger partial charge in [0.15, 0.2) is 11.6 Å². The Labute approximate surface area is 397 Å². The lowest BCUT2D eigenvalue weighted by Crippen LogP contribution is -2.49. The number of benzene rings is 2. The SMILES string of the molecule is ClCCN1CCCCC1.O=C(Nc1cc(Cl)cnc1N1CCN(CCN2CCCCC2)CC1)c1cccc(Cl)c1.O=C(Nc1cc(Cl)cnc1N1CCNCC1)c1cccc(Cl)c1. The zero-order valence-electron chi connectivity index (χ0n) is 35.8. The number of carbonyl (C=O) groups excluding carboxylic acids is 2. The minimum Gasteiger partial charge on any atom is -0.352 e. The van der Waals surface area contributed by atoms with E-state index in [1.807, 2.05) is 0 Å². The van der Waals surface area contributed by atoms with E-state index in [4.69, 9.17) is 58.0 Å². The molecular formula is C46H59Cl5N10O2. The van der Waals surface area contributed by atoms with Gasteiger partial charge in [-0.2, -0.15) is 0 Å². The van der Waals surface area contributed by atoms with Crippen LogP contribution in [0.4, 0.5) is 23.0 Å². The van der Waals surface area contributed by atoms with Crippen molar-refractivity contribution in [3.8, 4) is 0 Å². The third kappa shape index (κ3) is 15.9. The number of piperazine rings is 2. The fourth-order valence-corrected chi connectivity index (χ4v) is 8.96. The number of carbonyl (C=O) groups is 2. The molecule has 4 saturated heterocycles. The maximum atomic E-state index is 12.7. The molecule has 340 valence electrons. The van der Waals surface area contributed by atoms with Crippen LogP contribution in [0.15, 0.2) is 73.1 Å². The molecule has 4 aromatic rings. The van der Waals surface area contributed by atoms with Crippen molar-refractivity contribution >= 4 is 92.8 Å². The number of rotatable bonds is 11. The van der Waals surface area contributed by atoms with Gasteiger partial charge in [-0.05, 0) is 100 Å². The van der Waals surface area contributed by atoms with Gasteiger partial charge < -0.3 is 35.6 Å². The number of amides is 2. The Hall–Kier alpha value is -3.43. The lowest BCUT2D eigenvalue weighted by atomic mass is 10.1. The molecule has 6 heterocycles. The highest BCUT2D eigenvalue weighted by molar-refractivity contribution is 6.32. The topological polar surface area (TPSA) is 112 Å². The second-order valence-electron chi connectivity index (χ2n) is 16.0. The molecule has 0 aliphatic carbocycles. The summed E-state index contributed by atoms with van der Waals surface area (Å²) < 4.78 is 0. The van der Waals surface area contributed by atoms with Gasteiger partial charge in [-0.15, -0.1) is 11.6 Å². The second kappa shape index (κ2) is 25.9. The van der Waals surface area contributed by atoms with Gasteiger partial charge in [0.2, 0.25) is 0 Å². The molecule has 0 atom stereocenters. The van der Waals surface area contributed by atoms with E-state index in [-0.39, 0.29) is 11.8 Å². The molecule has 4 aliphatic heterocycles. The molecule has 0 saturated carbocycles. The average molecular weight is 961 g/mol. The van der Waals surface area contributed by atoms with Gasteiger partial charge in [0.05, 0.1) is 21.4 Å². The molecule has 0 bridgehead atoms. The van der Waals surface area contributed by atoms with Crippen molar-refractivity contribution in [3.05, 3.63) is 104 Å². The van der Waals surface area contributed by atoms with Crippen molar-refractivity contribution in [1.82, 2.24) is 30.0 Å². The predicted molar refractivity (Wildman–Crippen MR) is 262 cm³/mol. The van der Waals surface area contributed by atoms with Crippen molar-refractivity contribution in [2.75, 3.05) is 124 Å². The first-order valence-electron chi connectivity index (χ1n) is 22.0. The van der Waals surface area contributed by atoms with E-state index in [9.17, 15) is 9.59 Å². The molecule has 12 nitrogen and oxygen atoms in total. The standard InChI is InChI=1S/C23H29Cl2N5O.C16H16Cl2N4O.C7H14ClN/c24-19-6-4-5-18(15-19)23(31)27-21-16-20(25)17-26-22(21)30-13-11-29(12-14-30)10-9-28-7-2-1-3-8-28;17-12-3-1-2-11(8-12)16(23)21-14-9-13(18)10-20-15(14)22-6-4-19-5-7-22;8-4-7-9-5-2-1-3-6-9/h4-6,15-17H,1-3,7-14H2,(H,27,31);1-3,8-10,19H,4-7H2,(H,21,23);1-7H2. The van der Waals surface area contributed by atoms with Gasteiger partial charge in [-0.25, -0.2) is 9.97 Å². The normalized spacial score (nSPS) is 17.5. The zero-order chi connectivity index (χ0) is 44.4. The minimum absolute atomic E-state index is 0.229. The van der Waals surface area contributed by atoms with E-state index in [0.717, 1.165) is 89.5 Å². The van der Waals surface area contributed by atoms with Crippen LogP contribution in [0.3, 0.4) is 0 Å². The number of aromatic nitrogens is 2. The third-order valence-corrected chi connectivity index (χ3v) is 12.5. The lowest BCUT2D eigenvalue weighted by Gasteiger charge is -2.37. The molecule has 0 unspecified atom stereocenters. The van der Waals surface area contributed by atoms with Gasteiger partial charge in [0.1, 0.15) is 0 Å². The van der Waals surface area contributed by atoms with E-state index in [1.54, 1.807) is 73.1 Å². The van der Waals surface area contributed by atoms with Crippen LogP contribution in [0.1, 0.15) is 59.2 Å². The summed E-state index contributed by atoms with van der Waals surface area (Å²) in [6, 6.07) is 17.2. The van der Waals surface area contributed by atoms with Crippen molar-refractivity contribution in [2.45, 2.75) is 38.5 Å². The van der Waals surface area contributed by atoms with E-state index >= 15 is 0 Å². The van der Waals surface area contributed by atoms with Crippen LogP contribution in [-0.2, 0) is 0 Å². The minimum atomic E-state index is -0.243. The number of halogens is 5. The smallest absolute Gasteiger partial charge is 0.255 e. The Morgan fingerprint density at radius 1 is 0.524 bits per heavy atom. The summed E-state index contributed by atoms with van der Waals surface area (Å²) in [5.41, 5.74) is 2.22. The van der Waals surface area contributed by atoms with Gasteiger partial charge in [-0.1, -0.05) is 71.4 Å². The number of hydrogen-bond acceptors (Lipinski definition) is 10. The van der Waals surface area contributed by atoms with Crippen molar-refractivity contribution in [3.63, 3.8) is 0 Å². The molecule has 2 amide bonds.